The molecule has 2 atom stereocenters. The third-order valence-corrected chi connectivity index (χ3v) is 7.41. The van der Waals surface area contributed by atoms with Gasteiger partial charge in [0.2, 0.25) is 0 Å². The largest absolute Gasteiger partial charge is 0.352 e. The van der Waals surface area contributed by atoms with Crippen LogP contribution < -0.4 is 5.32 Å². The topological polar surface area (TPSA) is 46.0 Å². The summed E-state index contributed by atoms with van der Waals surface area (Å²) in [6.07, 6.45) is 10.0. The lowest BCUT2D eigenvalue weighted by atomic mass is 9.90. The molecule has 6 heteroatoms. The van der Waals surface area contributed by atoms with Gasteiger partial charge in [-0.1, -0.05) is 31.4 Å². The van der Waals surface area contributed by atoms with Crippen LogP contribution in [-0.4, -0.2) is 30.6 Å². The van der Waals surface area contributed by atoms with Crippen LogP contribution in [-0.2, 0) is 0 Å². The molecule has 166 valence electrons. The second-order valence-corrected chi connectivity index (χ2v) is 9.52. The average molecular weight is 446 g/mol. The number of aryl methyl sites for hydroxylation is 2. The first-order chi connectivity index (χ1) is 15.6. The normalized spacial score (nSPS) is 21.7. The van der Waals surface area contributed by atoms with E-state index >= 15 is 0 Å². The third kappa shape index (κ3) is 3.60. The zero-order valence-electron chi connectivity index (χ0n) is 19.1. The van der Waals surface area contributed by atoms with Crippen molar-refractivity contribution in [1.29, 1.82) is 0 Å². The highest BCUT2D eigenvalue weighted by Gasteiger charge is 2.44. The Hall–Kier alpha value is -2.73. The molecular formula is C26H31N5S. The van der Waals surface area contributed by atoms with E-state index in [0.29, 0.717) is 6.04 Å². The molecule has 3 aromatic rings. The Morgan fingerprint density at radius 2 is 1.75 bits per heavy atom. The Morgan fingerprint density at radius 3 is 2.47 bits per heavy atom. The van der Waals surface area contributed by atoms with Crippen molar-refractivity contribution in [1.82, 2.24) is 24.8 Å². The molecule has 32 heavy (non-hydrogen) atoms. The van der Waals surface area contributed by atoms with Crippen LogP contribution in [0.15, 0.2) is 48.8 Å². The predicted octanol–water partition coefficient (Wildman–Crippen LogP) is 5.50. The van der Waals surface area contributed by atoms with Crippen LogP contribution in [0.4, 0.5) is 0 Å². The lowest BCUT2D eigenvalue weighted by Crippen LogP contribution is -2.40. The number of aromatic nitrogens is 3. The minimum Gasteiger partial charge on any atom is -0.352 e. The zero-order chi connectivity index (χ0) is 22.2. The summed E-state index contributed by atoms with van der Waals surface area (Å²) in [5, 5.41) is 4.50. The van der Waals surface area contributed by atoms with Crippen molar-refractivity contribution in [2.24, 2.45) is 0 Å². The summed E-state index contributed by atoms with van der Waals surface area (Å²) in [5.41, 5.74) is 5.94. The molecule has 1 saturated carbocycles. The maximum Gasteiger partial charge on any atom is 0.170 e. The monoisotopic (exact) mass is 445 g/mol. The Morgan fingerprint density at radius 1 is 0.969 bits per heavy atom. The van der Waals surface area contributed by atoms with Gasteiger partial charge in [-0.15, -0.1) is 0 Å². The van der Waals surface area contributed by atoms with Crippen molar-refractivity contribution in [3.05, 3.63) is 77.0 Å². The number of thiocarbonyl (C=S) groups is 1. The Balaban J connectivity index is 1.64. The van der Waals surface area contributed by atoms with E-state index in [1.165, 1.54) is 54.6 Å². The molecule has 5 rings (SSSR count). The van der Waals surface area contributed by atoms with Crippen LogP contribution in [0, 0.1) is 20.8 Å². The lowest BCUT2D eigenvalue weighted by Gasteiger charge is -2.37. The van der Waals surface area contributed by atoms with Crippen molar-refractivity contribution >= 4 is 17.3 Å². The number of hydrogen-bond donors (Lipinski definition) is 1. The molecule has 1 saturated heterocycles. The summed E-state index contributed by atoms with van der Waals surface area (Å²) in [6, 6.07) is 13.2. The summed E-state index contributed by atoms with van der Waals surface area (Å²) < 4.78 is 2.29. The molecule has 1 N–H and O–H groups in total. The lowest BCUT2D eigenvalue weighted by molar-refractivity contribution is 0.197. The molecule has 2 aliphatic rings. The van der Waals surface area contributed by atoms with Gasteiger partial charge >= 0.3 is 0 Å². The van der Waals surface area contributed by atoms with Crippen molar-refractivity contribution in [2.45, 2.75) is 71.0 Å². The molecule has 0 aromatic carbocycles. The highest BCUT2D eigenvalue weighted by molar-refractivity contribution is 7.80. The number of pyridine rings is 2. The zero-order valence-corrected chi connectivity index (χ0v) is 19.9. The van der Waals surface area contributed by atoms with Crippen LogP contribution >= 0.6 is 12.2 Å². The van der Waals surface area contributed by atoms with Crippen molar-refractivity contribution in [2.75, 3.05) is 0 Å². The molecule has 1 aliphatic carbocycles. The van der Waals surface area contributed by atoms with E-state index < -0.39 is 0 Å². The van der Waals surface area contributed by atoms with Gasteiger partial charge in [0, 0.05) is 29.8 Å². The van der Waals surface area contributed by atoms with Crippen LogP contribution in [0.25, 0.3) is 5.82 Å². The van der Waals surface area contributed by atoms with E-state index in [1.807, 2.05) is 24.5 Å². The van der Waals surface area contributed by atoms with Crippen LogP contribution in [0.5, 0.6) is 0 Å². The van der Waals surface area contributed by atoms with E-state index in [4.69, 9.17) is 22.2 Å². The second kappa shape index (κ2) is 8.66. The summed E-state index contributed by atoms with van der Waals surface area (Å²) in [7, 11) is 0. The summed E-state index contributed by atoms with van der Waals surface area (Å²) >= 11 is 5.94. The Kier molecular flexibility index (Phi) is 5.72. The molecule has 4 heterocycles. The number of rotatable bonds is 4. The summed E-state index contributed by atoms with van der Waals surface area (Å²) in [5.74, 6) is 1.00. The van der Waals surface area contributed by atoms with Crippen molar-refractivity contribution in [3.8, 4) is 5.82 Å². The molecule has 1 aliphatic heterocycles. The fourth-order valence-corrected chi connectivity index (χ4v) is 5.96. The second-order valence-electron chi connectivity index (χ2n) is 9.13. The maximum absolute atomic E-state index is 5.94. The Labute approximate surface area is 195 Å². The fourth-order valence-electron chi connectivity index (χ4n) is 5.58. The standard InChI is InChI=1S/C26H31N5S/c1-17-10-9-15-28-25(17)30-18(2)16-21(19(30)3)24-23(22-13-7-8-14-27-22)29-26(32)31(24)20-11-5-4-6-12-20/h7-10,13-16,20,23-24H,4-6,11-12H2,1-3H3,(H,29,32)/t23-,24-/m1/s1. The van der Waals surface area contributed by atoms with Gasteiger partial charge in [-0.25, -0.2) is 4.98 Å². The molecule has 0 unspecified atom stereocenters. The van der Waals surface area contributed by atoms with Crippen molar-refractivity contribution < 1.29 is 0 Å². The van der Waals surface area contributed by atoms with Gasteiger partial charge in [0.15, 0.2) is 5.11 Å². The van der Waals surface area contributed by atoms with Gasteiger partial charge in [0.1, 0.15) is 5.82 Å². The molecule has 5 nitrogen and oxygen atoms in total. The summed E-state index contributed by atoms with van der Waals surface area (Å²) in [6.45, 7) is 6.51. The van der Waals surface area contributed by atoms with Gasteiger partial charge in [-0.3, -0.25) is 4.98 Å². The number of nitrogens with zero attached hydrogens (tertiary/aromatic N) is 4. The Bertz CT molecular complexity index is 1120. The van der Waals surface area contributed by atoms with Crippen molar-refractivity contribution in [3.63, 3.8) is 0 Å². The molecule has 0 radical (unpaired) electrons. The minimum atomic E-state index is 0.0319. The predicted molar refractivity (Wildman–Crippen MR) is 132 cm³/mol. The quantitative estimate of drug-likeness (QED) is 0.538. The number of nitrogens with one attached hydrogen (secondary N) is 1. The molecule has 3 aromatic heterocycles. The number of hydrogen-bond acceptors (Lipinski definition) is 3. The molecule has 0 amide bonds. The van der Waals surface area contributed by atoms with Crippen LogP contribution in [0.2, 0.25) is 0 Å². The molecule has 0 bridgehead atoms. The van der Waals surface area contributed by atoms with Crippen LogP contribution in [0.3, 0.4) is 0 Å². The van der Waals surface area contributed by atoms with E-state index in [2.05, 4.69) is 59.8 Å². The minimum absolute atomic E-state index is 0.0319. The van der Waals surface area contributed by atoms with Gasteiger partial charge < -0.3 is 14.8 Å². The van der Waals surface area contributed by atoms with E-state index in [-0.39, 0.29) is 12.1 Å². The van der Waals surface area contributed by atoms with Gasteiger partial charge in [-0.2, -0.15) is 0 Å². The molecular weight excluding hydrogens is 414 g/mol. The highest BCUT2D eigenvalue weighted by Crippen LogP contribution is 2.44. The fraction of sp³-hybridized carbons (Fsp3) is 0.423. The van der Waals surface area contributed by atoms with Gasteiger partial charge in [-0.05, 0) is 81.2 Å². The molecule has 0 spiro atoms. The summed E-state index contributed by atoms with van der Waals surface area (Å²) in [4.78, 5) is 11.9. The molecule has 2 fully saturated rings. The van der Waals surface area contributed by atoms with E-state index in [9.17, 15) is 0 Å². The van der Waals surface area contributed by atoms with Gasteiger partial charge in [0.25, 0.3) is 0 Å². The van der Waals surface area contributed by atoms with E-state index in [1.54, 1.807) is 0 Å². The first-order valence-corrected chi connectivity index (χ1v) is 12.1. The first-order valence-electron chi connectivity index (χ1n) is 11.7. The average Bonchev–Trinajstić information content (AvgIpc) is 3.31. The van der Waals surface area contributed by atoms with Crippen LogP contribution in [0.1, 0.15) is 72.4 Å². The first kappa shape index (κ1) is 21.1. The third-order valence-electron chi connectivity index (χ3n) is 7.09. The van der Waals surface area contributed by atoms with Gasteiger partial charge in [0.05, 0.1) is 17.8 Å². The smallest absolute Gasteiger partial charge is 0.170 e. The van der Waals surface area contributed by atoms with E-state index in [0.717, 1.165) is 16.6 Å². The SMILES string of the molecule is Cc1cccnc1-n1c(C)cc([C@@H]2[C@@H](c3ccccn3)NC(=S)N2C2CCCCC2)c1C. The maximum atomic E-state index is 5.94. The highest BCUT2D eigenvalue weighted by atomic mass is 32.1.